The van der Waals surface area contributed by atoms with Crippen molar-refractivity contribution in [3.63, 3.8) is 0 Å². The van der Waals surface area contributed by atoms with Crippen molar-refractivity contribution in [3.8, 4) is 5.75 Å². The van der Waals surface area contributed by atoms with Crippen LogP contribution in [0, 0.1) is 0 Å². The standard InChI is InChI=1S/C11H15F3N2O/c1-8(2)15-5-9-3-4-10(6-16-9)17-7-11(12,13)14/h3-4,6,8,15H,5,7H2,1-2H3. The molecule has 0 aliphatic heterocycles. The summed E-state index contributed by atoms with van der Waals surface area (Å²) in [6, 6.07) is 3.45. The number of aromatic nitrogens is 1. The number of nitrogens with one attached hydrogen (secondary N) is 1. The molecule has 0 fully saturated rings. The summed E-state index contributed by atoms with van der Waals surface area (Å²) in [5, 5.41) is 3.15. The molecular weight excluding hydrogens is 233 g/mol. The molecule has 1 aromatic rings. The minimum atomic E-state index is -4.32. The highest BCUT2D eigenvalue weighted by molar-refractivity contribution is 5.19. The third-order valence-corrected chi connectivity index (χ3v) is 1.89. The molecule has 96 valence electrons. The summed E-state index contributed by atoms with van der Waals surface area (Å²) < 4.78 is 40.2. The molecule has 0 unspecified atom stereocenters. The molecular formula is C11H15F3N2O. The van der Waals surface area contributed by atoms with E-state index in [4.69, 9.17) is 0 Å². The number of ether oxygens (including phenoxy) is 1. The Bertz CT molecular complexity index is 336. The lowest BCUT2D eigenvalue weighted by Gasteiger charge is -2.10. The van der Waals surface area contributed by atoms with Crippen LogP contribution in [0.5, 0.6) is 5.75 Å². The van der Waals surface area contributed by atoms with E-state index in [0.717, 1.165) is 5.69 Å². The van der Waals surface area contributed by atoms with Gasteiger partial charge < -0.3 is 10.1 Å². The Balaban J connectivity index is 2.45. The number of pyridine rings is 1. The zero-order chi connectivity index (χ0) is 12.9. The summed E-state index contributed by atoms with van der Waals surface area (Å²) in [6.07, 6.45) is -3.03. The van der Waals surface area contributed by atoms with Gasteiger partial charge in [-0.2, -0.15) is 13.2 Å². The van der Waals surface area contributed by atoms with Crippen LogP contribution in [0.25, 0.3) is 0 Å². The summed E-state index contributed by atoms with van der Waals surface area (Å²) in [5.41, 5.74) is 0.762. The average Bonchev–Trinajstić information content (AvgIpc) is 2.24. The molecule has 0 radical (unpaired) electrons. The van der Waals surface area contributed by atoms with Gasteiger partial charge in [-0.25, -0.2) is 0 Å². The van der Waals surface area contributed by atoms with Crippen molar-refractivity contribution >= 4 is 0 Å². The van der Waals surface area contributed by atoms with E-state index in [0.29, 0.717) is 12.6 Å². The molecule has 1 N–H and O–H groups in total. The summed E-state index contributed by atoms with van der Waals surface area (Å²) in [5.74, 6) is 0.121. The van der Waals surface area contributed by atoms with E-state index in [9.17, 15) is 13.2 Å². The monoisotopic (exact) mass is 248 g/mol. The number of rotatable bonds is 5. The Morgan fingerprint density at radius 3 is 2.53 bits per heavy atom. The molecule has 0 saturated carbocycles. The van der Waals surface area contributed by atoms with Crippen molar-refractivity contribution in [3.05, 3.63) is 24.0 Å². The predicted octanol–water partition coefficient (Wildman–Crippen LogP) is 2.52. The fourth-order valence-electron chi connectivity index (χ4n) is 1.07. The van der Waals surface area contributed by atoms with Crippen molar-refractivity contribution in [2.24, 2.45) is 0 Å². The molecule has 0 bridgehead atoms. The predicted molar refractivity (Wildman–Crippen MR) is 57.8 cm³/mol. The Morgan fingerprint density at radius 2 is 2.06 bits per heavy atom. The van der Waals surface area contributed by atoms with E-state index in [1.165, 1.54) is 12.3 Å². The normalized spacial score (nSPS) is 11.9. The van der Waals surface area contributed by atoms with Gasteiger partial charge in [-0.15, -0.1) is 0 Å². The van der Waals surface area contributed by atoms with Gasteiger partial charge in [0.05, 0.1) is 11.9 Å². The van der Waals surface area contributed by atoms with Gasteiger partial charge in [0.2, 0.25) is 0 Å². The van der Waals surface area contributed by atoms with E-state index in [-0.39, 0.29) is 5.75 Å². The summed E-state index contributed by atoms with van der Waals surface area (Å²) in [7, 11) is 0. The number of hydrogen-bond acceptors (Lipinski definition) is 3. The van der Waals surface area contributed by atoms with Gasteiger partial charge in [-0.3, -0.25) is 4.98 Å². The summed E-state index contributed by atoms with van der Waals surface area (Å²) in [6.45, 7) is 3.29. The zero-order valence-electron chi connectivity index (χ0n) is 9.71. The fourth-order valence-corrected chi connectivity index (χ4v) is 1.07. The number of nitrogens with zero attached hydrogens (tertiary/aromatic N) is 1. The molecule has 6 heteroatoms. The quantitative estimate of drug-likeness (QED) is 0.869. The Hall–Kier alpha value is -1.30. The first-order valence-electron chi connectivity index (χ1n) is 5.24. The minimum absolute atomic E-state index is 0.121. The Labute approximate surface area is 98.0 Å². The van der Waals surface area contributed by atoms with Crippen LogP contribution in [0.1, 0.15) is 19.5 Å². The van der Waals surface area contributed by atoms with Crippen molar-refractivity contribution < 1.29 is 17.9 Å². The van der Waals surface area contributed by atoms with Crippen LogP contribution in [0.2, 0.25) is 0 Å². The van der Waals surface area contributed by atoms with Crippen molar-refractivity contribution in [2.75, 3.05) is 6.61 Å². The highest BCUT2D eigenvalue weighted by atomic mass is 19.4. The fraction of sp³-hybridized carbons (Fsp3) is 0.545. The van der Waals surface area contributed by atoms with E-state index in [1.807, 2.05) is 13.8 Å². The van der Waals surface area contributed by atoms with E-state index < -0.39 is 12.8 Å². The first-order valence-corrected chi connectivity index (χ1v) is 5.24. The lowest BCUT2D eigenvalue weighted by atomic mass is 10.3. The van der Waals surface area contributed by atoms with E-state index in [2.05, 4.69) is 15.0 Å². The zero-order valence-corrected chi connectivity index (χ0v) is 9.71. The Kier molecular flexibility index (Phi) is 4.74. The van der Waals surface area contributed by atoms with Crippen LogP contribution in [-0.2, 0) is 6.54 Å². The molecule has 0 atom stereocenters. The number of halogens is 3. The highest BCUT2D eigenvalue weighted by Gasteiger charge is 2.28. The van der Waals surface area contributed by atoms with Crippen LogP contribution in [-0.4, -0.2) is 23.8 Å². The number of alkyl halides is 3. The first kappa shape index (κ1) is 13.8. The maximum absolute atomic E-state index is 11.9. The molecule has 0 amide bonds. The number of hydrogen-bond donors (Lipinski definition) is 1. The molecule has 0 aromatic carbocycles. The smallest absolute Gasteiger partial charge is 0.422 e. The maximum atomic E-state index is 11.9. The SMILES string of the molecule is CC(C)NCc1ccc(OCC(F)(F)F)cn1. The van der Waals surface area contributed by atoms with Gasteiger partial charge in [0.1, 0.15) is 5.75 Å². The van der Waals surface area contributed by atoms with Gasteiger partial charge in [0.15, 0.2) is 6.61 Å². The highest BCUT2D eigenvalue weighted by Crippen LogP contribution is 2.17. The molecule has 0 spiro atoms. The van der Waals surface area contributed by atoms with Gasteiger partial charge in [-0.05, 0) is 12.1 Å². The molecule has 1 rings (SSSR count). The molecule has 0 aliphatic rings. The van der Waals surface area contributed by atoms with Gasteiger partial charge in [0.25, 0.3) is 0 Å². The molecule has 17 heavy (non-hydrogen) atoms. The van der Waals surface area contributed by atoms with Crippen molar-refractivity contribution in [1.29, 1.82) is 0 Å². The maximum Gasteiger partial charge on any atom is 0.422 e. The lowest BCUT2D eigenvalue weighted by Crippen LogP contribution is -2.22. The van der Waals surface area contributed by atoms with Crippen molar-refractivity contribution in [2.45, 2.75) is 32.6 Å². The second-order valence-corrected chi connectivity index (χ2v) is 3.92. The Morgan fingerprint density at radius 1 is 1.35 bits per heavy atom. The third-order valence-electron chi connectivity index (χ3n) is 1.89. The third kappa shape index (κ3) is 6.11. The van der Waals surface area contributed by atoms with E-state index in [1.54, 1.807) is 6.07 Å². The van der Waals surface area contributed by atoms with Crippen LogP contribution < -0.4 is 10.1 Å². The van der Waals surface area contributed by atoms with Crippen molar-refractivity contribution in [1.82, 2.24) is 10.3 Å². The lowest BCUT2D eigenvalue weighted by molar-refractivity contribution is -0.153. The van der Waals surface area contributed by atoms with Gasteiger partial charge in [-0.1, -0.05) is 13.8 Å². The molecule has 1 aromatic heterocycles. The summed E-state index contributed by atoms with van der Waals surface area (Å²) in [4.78, 5) is 4.00. The van der Waals surface area contributed by atoms with E-state index >= 15 is 0 Å². The molecule has 3 nitrogen and oxygen atoms in total. The van der Waals surface area contributed by atoms with Gasteiger partial charge in [0, 0.05) is 12.6 Å². The average molecular weight is 248 g/mol. The second kappa shape index (κ2) is 5.86. The minimum Gasteiger partial charge on any atom is -0.483 e. The largest absolute Gasteiger partial charge is 0.483 e. The van der Waals surface area contributed by atoms with Crippen LogP contribution >= 0.6 is 0 Å². The van der Waals surface area contributed by atoms with Crippen LogP contribution in [0.4, 0.5) is 13.2 Å². The van der Waals surface area contributed by atoms with Crippen LogP contribution in [0.15, 0.2) is 18.3 Å². The molecule has 0 aliphatic carbocycles. The topological polar surface area (TPSA) is 34.1 Å². The second-order valence-electron chi connectivity index (χ2n) is 3.92. The first-order chi connectivity index (χ1) is 7.87. The summed E-state index contributed by atoms with van der Waals surface area (Å²) >= 11 is 0. The van der Waals surface area contributed by atoms with Gasteiger partial charge >= 0.3 is 6.18 Å². The molecule has 0 saturated heterocycles. The van der Waals surface area contributed by atoms with Crippen LogP contribution in [0.3, 0.4) is 0 Å². The molecule has 1 heterocycles.